The smallest absolute Gasteiger partial charge is 0.0716 e. The molecule has 0 unspecified atom stereocenters. The van der Waals surface area contributed by atoms with Crippen molar-refractivity contribution in [1.82, 2.24) is 4.98 Å². The fourth-order valence-electron chi connectivity index (χ4n) is 1.46. The van der Waals surface area contributed by atoms with E-state index in [9.17, 15) is 9.90 Å². The van der Waals surface area contributed by atoms with Gasteiger partial charge < -0.3 is 15.2 Å². The van der Waals surface area contributed by atoms with Crippen molar-refractivity contribution in [3.05, 3.63) is 59.9 Å². The number of nitrogens with zero attached hydrogens (tertiary/aromatic N) is 1. The second kappa shape index (κ2) is 5.12. The fourth-order valence-corrected chi connectivity index (χ4v) is 1.46. The molecule has 2 rings (SSSR count). The SMILES string of the molecule is O=C([O-])c1cccc(NCc2ccncc2)c1. The lowest BCUT2D eigenvalue weighted by atomic mass is 10.2. The summed E-state index contributed by atoms with van der Waals surface area (Å²) in [5.41, 5.74) is 2.01. The minimum absolute atomic E-state index is 0.171. The second-order valence-electron chi connectivity index (χ2n) is 3.58. The van der Waals surface area contributed by atoms with Crippen molar-refractivity contribution in [3.8, 4) is 0 Å². The molecule has 0 aliphatic rings. The van der Waals surface area contributed by atoms with Gasteiger partial charge in [-0.15, -0.1) is 0 Å². The van der Waals surface area contributed by atoms with Crippen LogP contribution in [0.15, 0.2) is 48.8 Å². The number of benzene rings is 1. The van der Waals surface area contributed by atoms with E-state index in [1.54, 1.807) is 24.5 Å². The van der Waals surface area contributed by atoms with Crippen LogP contribution in [0.4, 0.5) is 5.69 Å². The largest absolute Gasteiger partial charge is 0.545 e. The van der Waals surface area contributed by atoms with E-state index in [1.807, 2.05) is 18.2 Å². The van der Waals surface area contributed by atoms with Crippen molar-refractivity contribution < 1.29 is 9.90 Å². The molecule has 0 fully saturated rings. The van der Waals surface area contributed by atoms with Gasteiger partial charge in [-0.2, -0.15) is 0 Å². The molecule has 0 atom stereocenters. The summed E-state index contributed by atoms with van der Waals surface area (Å²) in [5.74, 6) is -1.17. The average molecular weight is 227 g/mol. The molecule has 4 heteroatoms. The number of pyridine rings is 1. The van der Waals surface area contributed by atoms with Gasteiger partial charge in [-0.1, -0.05) is 12.1 Å². The number of anilines is 1. The first-order valence-electron chi connectivity index (χ1n) is 5.20. The van der Waals surface area contributed by atoms with Crippen LogP contribution in [0.2, 0.25) is 0 Å². The van der Waals surface area contributed by atoms with E-state index in [-0.39, 0.29) is 5.56 Å². The van der Waals surface area contributed by atoms with E-state index in [0.29, 0.717) is 6.54 Å². The first-order chi connectivity index (χ1) is 8.25. The highest BCUT2D eigenvalue weighted by molar-refractivity contribution is 5.87. The normalized spacial score (nSPS) is 9.88. The van der Waals surface area contributed by atoms with E-state index in [2.05, 4.69) is 10.3 Å². The van der Waals surface area contributed by atoms with Crippen LogP contribution in [-0.4, -0.2) is 11.0 Å². The van der Waals surface area contributed by atoms with Crippen molar-refractivity contribution in [2.24, 2.45) is 0 Å². The Bertz CT molecular complexity index is 512. The van der Waals surface area contributed by atoms with E-state index in [4.69, 9.17) is 0 Å². The molecule has 0 amide bonds. The van der Waals surface area contributed by atoms with E-state index >= 15 is 0 Å². The summed E-state index contributed by atoms with van der Waals surface area (Å²) in [6.07, 6.45) is 3.43. The highest BCUT2D eigenvalue weighted by atomic mass is 16.4. The molecule has 0 aliphatic carbocycles. The Morgan fingerprint density at radius 2 is 2.00 bits per heavy atom. The zero-order valence-electron chi connectivity index (χ0n) is 9.09. The Labute approximate surface area is 98.9 Å². The predicted octanol–water partition coefficient (Wildman–Crippen LogP) is 1.06. The van der Waals surface area contributed by atoms with Crippen LogP contribution in [0.3, 0.4) is 0 Å². The Kier molecular flexibility index (Phi) is 3.35. The Morgan fingerprint density at radius 3 is 2.71 bits per heavy atom. The van der Waals surface area contributed by atoms with E-state index in [1.165, 1.54) is 6.07 Å². The number of hydrogen-bond acceptors (Lipinski definition) is 4. The molecular weight excluding hydrogens is 216 g/mol. The third kappa shape index (κ3) is 3.04. The number of carboxylic acids is 1. The third-order valence-corrected chi connectivity index (χ3v) is 2.34. The van der Waals surface area contributed by atoms with E-state index < -0.39 is 5.97 Å². The maximum Gasteiger partial charge on any atom is 0.0716 e. The van der Waals surface area contributed by atoms with Crippen LogP contribution in [-0.2, 0) is 6.54 Å². The van der Waals surface area contributed by atoms with Gasteiger partial charge in [0.2, 0.25) is 0 Å². The summed E-state index contributed by atoms with van der Waals surface area (Å²) in [4.78, 5) is 14.6. The average Bonchev–Trinajstić information content (AvgIpc) is 2.38. The molecule has 4 nitrogen and oxygen atoms in total. The van der Waals surface area contributed by atoms with Gasteiger partial charge >= 0.3 is 0 Å². The maximum atomic E-state index is 10.7. The molecule has 0 bridgehead atoms. The second-order valence-corrected chi connectivity index (χ2v) is 3.58. The van der Waals surface area contributed by atoms with Crippen LogP contribution < -0.4 is 10.4 Å². The first kappa shape index (κ1) is 11.1. The molecule has 0 aliphatic heterocycles. The minimum Gasteiger partial charge on any atom is -0.545 e. The Morgan fingerprint density at radius 1 is 1.24 bits per heavy atom. The van der Waals surface area contributed by atoms with Gasteiger partial charge in [-0.3, -0.25) is 4.98 Å². The van der Waals surface area contributed by atoms with Crippen molar-refractivity contribution in [1.29, 1.82) is 0 Å². The molecular formula is C13H11N2O2-. The lowest BCUT2D eigenvalue weighted by Crippen LogP contribution is -2.22. The van der Waals surface area contributed by atoms with Crippen LogP contribution in [0.5, 0.6) is 0 Å². The zero-order chi connectivity index (χ0) is 12.1. The van der Waals surface area contributed by atoms with Crippen molar-refractivity contribution >= 4 is 11.7 Å². The summed E-state index contributed by atoms with van der Waals surface area (Å²) < 4.78 is 0. The highest BCUT2D eigenvalue weighted by Crippen LogP contribution is 2.11. The quantitative estimate of drug-likeness (QED) is 0.848. The number of hydrogen-bond donors (Lipinski definition) is 1. The predicted molar refractivity (Wildman–Crippen MR) is 62.3 cm³/mol. The number of carbonyl (C=O) groups is 1. The number of aromatic carboxylic acids is 1. The Hall–Kier alpha value is -2.36. The van der Waals surface area contributed by atoms with Gasteiger partial charge in [0.05, 0.1) is 5.97 Å². The molecule has 1 N–H and O–H groups in total. The minimum atomic E-state index is -1.17. The molecule has 1 heterocycles. The van der Waals surface area contributed by atoms with Gasteiger partial charge in [-0.05, 0) is 35.4 Å². The number of aromatic nitrogens is 1. The molecule has 0 saturated heterocycles. The summed E-state index contributed by atoms with van der Waals surface area (Å²) in [6.45, 7) is 0.624. The fraction of sp³-hybridized carbons (Fsp3) is 0.0769. The summed E-state index contributed by atoms with van der Waals surface area (Å²) in [7, 11) is 0. The molecule has 1 aromatic carbocycles. The molecule has 0 spiro atoms. The van der Waals surface area contributed by atoms with E-state index in [0.717, 1.165) is 11.3 Å². The van der Waals surface area contributed by atoms with Crippen molar-refractivity contribution in [2.45, 2.75) is 6.54 Å². The number of carbonyl (C=O) groups excluding carboxylic acids is 1. The summed E-state index contributed by atoms with van der Waals surface area (Å²) in [6, 6.07) is 10.3. The summed E-state index contributed by atoms with van der Waals surface area (Å²) in [5, 5.41) is 13.8. The van der Waals surface area contributed by atoms with Crippen molar-refractivity contribution in [2.75, 3.05) is 5.32 Å². The van der Waals surface area contributed by atoms with Gasteiger partial charge in [0.25, 0.3) is 0 Å². The topological polar surface area (TPSA) is 65.0 Å². The van der Waals surface area contributed by atoms with Crippen LogP contribution in [0.25, 0.3) is 0 Å². The van der Waals surface area contributed by atoms with Gasteiger partial charge in [-0.25, -0.2) is 0 Å². The maximum absolute atomic E-state index is 10.7. The third-order valence-electron chi connectivity index (χ3n) is 2.34. The first-order valence-corrected chi connectivity index (χ1v) is 5.20. The molecule has 0 radical (unpaired) electrons. The van der Waals surface area contributed by atoms with Gasteiger partial charge in [0.1, 0.15) is 0 Å². The standard InChI is InChI=1S/C13H12N2O2/c16-13(17)11-2-1-3-12(8-11)15-9-10-4-6-14-7-5-10/h1-8,15H,9H2,(H,16,17)/p-1. The zero-order valence-corrected chi connectivity index (χ0v) is 9.09. The van der Waals surface area contributed by atoms with Crippen LogP contribution in [0.1, 0.15) is 15.9 Å². The number of carboxylic acid groups (broad SMARTS) is 1. The van der Waals surface area contributed by atoms with Crippen molar-refractivity contribution in [3.63, 3.8) is 0 Å². The molecule has 2 aromatic rings. The molecule has 1 aromatic heterocycles. The molecule has 0 saturated carbocycles. The monoisotopic (exact) mass is 227 g/mol. The molecule has 86 valence electrons. The Balaban J connectivity index is 2.04. The number of rotatable bonds is 4. The van der Waals surface area contributed by atoms with Crippen LogP contribution in [0, 0.1) is 0 Å². The lowest BCUT2D eigenvalue weighted by molar-refractivity contribution is -0.255. The molecule has 17 heavy (non-hydrogen) atoms. The van der Waals surface area contributed by atoms with Gasteiger partial charge in [0, 0.05) is 24.6 Å². The van der Waals surface area contributed by atoms with Gasteiger partial charge in [0.15, 0.2) is 0 Å². The number of nitrogens with one attached hydrogen (secondary N) is 1. The van der Waals surface area contributed by atoms with Crippen LogP contribution >= 0.6 is 0 Å². The lowest BCUT2D eigenvalue weighted by Gasteiger charge is -2.08. The summed E-state index contributed by atoms with van der Waals surface area (Å²) >= 11 is 0. The highest BCUT2D eigenvalue weighted by Gasteiger charge is 1.96.